The Morgan fingerprint density at radius 2 is 2.00 bits per heavy atom. The number of benzene rings is 1. The van der Waals surface area contributed by atoms with Gasteiger partial charge in [0.1, 0.15) is 11.5 Å². The number of fused-ring (bicyclic) bond motifs is 1. The molecule has 0 amide bonds. The van der Waals surface area contributed by atoms with Gasteiger partial charge in [0, 0.05) is 17.8 Å². The first-order valence-corrected chi connectivity index (χ1v) is 7.83. The molecule has 0 fully saturated rings. The number of aromatic amines is 1. The lowest BCUT2D eigenvalue weighted by atomic mass is 10.0. The van der Waals surface area contributed by atoms with Crippen LogP contribution < -0.4 is 11.3 Å². The highest BCUT2D eigenvalue weighted by atomic mass is 19.4. The molecule has 0 atom stereocenters. The predicted molar refractivity (Wildman–Crippen MR) is 96.9 cm³/mol. The first-order chi connectivity index (χ1) is 12.7. The minimum atomic E-state index is -4.68. The van der Waals surface area contributed by atoms with Gasteiger partial charge in [-0.25, -0.2) is 0 Å². The molecule has 1 aromatic heterocycles. The molecule has 0 saturated carbocycles. The Bertz CT molecular complexity index is 1060. The second kappa shape index (κ2) is 6.71. The number of nitrogens with one attached hydrogen (secondary N) is 1. The summed E-state index contributed by atoms with van der Waals surface area (Å²) in [5, 5.41) is 0.729. The Hall–Kier alpha value is -3.42. The van der Waals surface area contributed by atoms with Gasteiger partial charge in [-0.15, -0.1) is 0 Å². The van der Waals surface area contributed by atoms with Crippen LogP contribution in [0.1, 0.15) is 5.56 Å². The van der Waals surface area contributed by atoms with E-state index in [4.69, 9.17) is 10.5 Å². The van der Waals surface area contributed by atoms with Crippen molar-refractivity contribution in [2.75, 3.05) is 7.11 Å². The van der Waals surface area contributed by atoms with Crippen molar-refractivity contribution in [3.05, 3.63) is 88.3 Å². The van der Waals surface area contributed by atoms with Crippen LogP contribution in [0.5, 0.6) is 0 Å². The molecule has 1 aromatic carbocycles. The molecular formula is C19H16F3N3O2. The van der Waals surface area contributed by atoms with Crippen LogP contribution in [-0.4, -0.2) is 23.2 Å². The number of methoxy groups -OCH3 is 1. The first-order valence-electron chi connectivity index (χ1n) is 7.83. The van der Waals surface area contributed by atoms with E-state index in [9.17, 15) is 18.0 Å². The standard InChI is InChI=1S/C19H16F3N3O2/c1-11-16(27-2)7-6-15(25(11)10-17(23)19(20,21)22)13-3-5-14-12(9-13)4-8-18(26)24-14/h3-10H,1,23H2,2H3,(H,24,26)/b17-10-. The van der Waals surface area contributed by atoms with Gasteiger partial charge in [-0.1, -0.05) is 12.6 Å². The Morgan fingerprint density at radius 1 is 1.26 bits per heavy atom. The molecule has 0 radical (unpaired) electrons. The monoisotopic (exact) mass is 375 g/mol. The lowest BCUT2D eigenvalue weighted by Crippen LogP contribution is -2.26. The largest absolute Gasteiger partial charge is 0.495 e. The summed E-state index contributed by atoms with van der Waals surface area (Å²) in [5.41, 5.74) is 5.58. The lowest BCUT2D eigenvalue weighted by Gasteiger charge is -2.30. The maximum atomic E-state index is 12.9. The fourth-order valence-corrected chi connectivity index (χ4v) is 2.69. The second-order valence-electron chi connectivity index (χ2n) is 5.81. The van der Waals surface area contributed by atoms with Crippen molar-refractivity contribution >= 4 is 16.6 Å². The molecule has 0 saturated heterocycles. The SMILES string of the molecule is C=C1C(OC)=CC=C(c2ccc3[nH]c(=O)ccc3c2)N1/C=C(\N)C(F)(F)F. The van der Waals surface area contributed by atoms with Gasteiger partial charge in [0.05, 0.1) is 18.5 Å². The summed E-state index contributed by atoms with van der Waals surface area (Å²) in [6, 6.07) is 8.13. The summed E-state index contributed by atoms with van der Waals surface area (Å²) in [4.78, 5) is 15.3. The minimum Gasteiger partial charge on any atom is -0.495 e. The molecule has 1 aliphatic rings. The van der Waals surface area contributed by atoms with E-state index in [1.807, 2.05) is 0 Å². The molecule has 27 heavy (non-hydrogen) atoms. The molecule has 3 rings (SSSR count). The molecule has 0 spiro atoms. The summed E-state index contributed by atoms with van der Waals surface area (Å²) >= 11 is 0. The number of pyridine rings is 1. The maximum Gasteiger partial charge on any atom is 0.432 e. The summed E-state index contributed by atoms with van der Waals surface area (Å²) in [6.07, 6.45) is -0.677. The van der Waals surface area contributed by atoms with Gasteiger partial charge in [-0.3, -0.25) is 4.79 Å². The molecule has 2 heterocycles. The number of halogens is 3. The Morgan fingerprint density at radius 3 is 2.67 bits per heavy atom. The van der Waals surface area contributed by atoms with E-state index in [-0.39, 0.29) is 11.3 Å². The number of alkyl halides is 3. The van der Waals surface area contributed by atoms with Crippen molar-refractivity contribution in [3.8, 4) is 0 Å². The van der Waals surface area contributed by atoms with Gasteiger partial charge in [-0.05, 0) is 41.3 Å². The maximum absolute atomic E-state index is 12.9. The van der Waals surface area contributed by atoms with Crippen molar-refractivity contribution in [1.29, 1.82) is 0 Å². The van der Waals surface area contributed by atoms with Crippen molar-refractivity contribution in [3.63, 3.8) is 0 Å². The fourth-order valence-electron chi connectivity index (χ4n) is 2.69. The highest BCUT2D eigenvalue weighted by molar-refractivity contribution is 5.84. The van der Waals surface area contributed by atoms with E-state index in [2.05, 4.69) is 11.6 Å². The van der Waals surface area contributed by atoms with Crippen LogP contribution in [-0.2, 0) is 4.74 Å². The van der Waals surface area contributed by atoms with Crippen molar-refractivity contribution < 1.29 is 17.9 Å². The third kappa shape index (κ3) is 3.59. The summed E-state index contributed by atoms with van der Waals surface area (Å²) in [7, 11) is 1.40. The summed E-state index contributed by atoms with van der Waals surface area (Å²) in [6.45, 7) is 3.81. The molecule has 8 heteroatoms. The molecule has 1 aliphatic heterocycles. The van der Waals surface area contributed by atoms with E-state index in [0.29, 0.717) is 22.5 Å². The molecule has 0 unspecified atom stereocenters. The highest BCUT2D eigenvalue weighted by Crippen LogP contribution is 2.34. The number of aromatic nitrogens is 1. The Kier molecular flexibility index (Phi) is 4.57. The smallest absolute Gasteiger partial charge is 0.432 e. The van der Waals surface area contributed by atoms with Crippen molar-refractivity contribution in [2.24, 2.45) is 5.73 Å². The third-order valence-corrected chi connectivity index (χ3v) is 4.06. The number of hydrogen-bond donors (Lipinski definition) is 2. The average Bonchev–Trinajstić information content (AvgIpc) is 2.62. The number of ether oxygens (including phenoxy) is 1. The number of allylic oxidation sites excluding steroid dienone is 3. The van der Waals surface area contributed by atoms with Gasteiger partial charge >= 0.3 is 6.18 Å². The molecule has 2 aromatic rings. The Labute approximate surface area is 152 Å². The van der Waals surface area contributed by atoms with Crippen LogP contribution in [0.3, 0.4) is 0 Å². The van der Waals surface area contributed by atoms with E-state index >= 15 is 0 Å². The van der Waals surface area contributed by atoms with E-state index in [0.717, 1.165) is 11.6 Å². The molecule has 0 bridgehead atoms. The molecule has 0 aliphatic carbocycles. The molecular weight excluding hydrogens is 359 g/mol. The second-order valence-corrected chi connectivity index (χ2v) is 5.81. The van der Waals surface area contributed by atoms with Crippen molar-refractivity contribution in [2.45, 2.75) is 6.18 Å². The van der Waals surface area contributed by atoms with Crippen LogP contribution in [0.2, 0.25) is 0 Å². The third-order valence-electron chi connectivity index (χ3n) is 4.06. The van der Waals surface area contributed by atoms with Crippen LogP contribution >= 0.6 is 0 Å². The highest BCUT2D eigenvalue weighted by Gasteiger charge is 2.33. The molecule has 140 valence electrons. The average molecular weight is 375 g/mol. The van der Waals surface area contributed by atoms with Gasteiger partial charge in [0.2, 0.25) is 5.56 Å². The van der Waals surface area contributed by atoms with E-state index in [1.54, 1.807) is 36.4 Å². The number of nitrogens with two attached hydrogens (primary N) is 1. The summed E-state index contributed by atoms with van der Waals surface area (Å²) < 4.78 is 44.0. The van der Waals surface area contributed by atoms with Gasteiger partial charge < -0.3 is 20.4 Å². The zero-order chi connectivity index (χ0) is 19.8. The van der Waals surface area contributed by atoms with Gasteiger partial charge in [0.15, 0.2) is 0 Å². The van der Waals surface area contributed by atoms with E-state index < -0.39 is 11.9 Å². The van der Waals surface area contributed by atoms with Gasteiger partial charge in [-0.2, -0.15) is 13.2 Å². The van der Waals surface area contributed by atoms with Crippen LogP contribution in [0.25, 0.3) is 16.6 Å². The fraction of sp³-hybridized carbons (Fsp3) is 0.105. The molecule has 3 N–H and O–H groups in total. The van der Waals surface area contributed by atoms with Crippen molar-refractivity contribution in [1.82, 2.24) is 9.88 Å². The topological polar surface area (TPSA) is 71.4 Å². The minimum absolute atomic E-state index is 0.212. The first kappa shape index (κ1) is 18.4. The van der Waals surface area contributed by atoms with Crippen LogP contribution in [0, 0.1) is 0 Å². The molecule has 5 nitrogen and oxygen atoms in total. The quantitative estimate of drug-likeness (QED) is 0.860. The van der Waals surface area contributed by atoms with E-state index in [1.165, 1.54) is 18.1 Å². The summed E-state index contributed by atoms with van der Waals surface area (Å²) in [5.74, 6) is 0.315. The number of hydrogen-bond acceptors (Lipinski definition) is 4. The number of rotatable bonds is 3. The Balaban J connectivity index is 2.13. The van der Waals surface area contributed by atoms with Crippen LogP contribution in [0.15, 0.2) is 77.2 Å². The zero-order valence-corrected chi connectivity index (χ0v) is 14.3. The number of nitrogens with zero attached hydrogens (tertiary/aromatic N) is 1. The lowest BCUT2D eigenvalue weighted by molar-refractivity contribution is -0.0934. The normalized spacial score (nSPS) is 15.6. The number of H-pyrrole nitrogens is 1. The predicted octanol–water partition coefficient (Wildman–Crippen LogP) is 3.59. The van der Waals surface area contributed by atoms with Crippen LogP contribution in [0.4, 0.5) is 13.2 Å². The van der Waals surface area contributed by atoms with Gasteiger partial charge in [0.25, 0.3) is 0 Å². The zero-order valence-electron chi connectivity index (χ0n) is 14.3.